The second-order valence-corrected chi connectivity index (χ2v) is 3.39. The van der Waals surface area contributed by atoms with E-state index in [0.29, 0.717) is 0 Å². The summed E-state index contributed by atoms with van der Waals surface area (Å²) >= 11 is 0. The van der Waals surface area contributed by atoms with Crippen molar-refractivity contribution < 1.29 is 28.6 Å². The molecule has 6 nitrogen and oxygen atoms in total. The van der Waals surface area contributed by atoms with E-state index in [-0.39, 0.29) is 30.6 Å². The van der Waals surface area contributed by atoms with Crippen LogP contribution in [0.4, 0.5) is 0 Å². The van der Waals surface area contributed by atoms with Gasteiger partial charge in [0.2, 0.25) is 0 Å². The first-order chi connectivity index (χ1) is 8.47. The van der Waals surface area contributed by atoms with Gasteiger partial charge in [0.25, 0.3) is 0 Å². The fourth-order valence-electron chi connectivity index (χ4n) is 1.26. The number of hydrogen-bond acceptors (Lipinski definition) is 6. The largest absolute Gasteiger partial charge is 0.469 e. The lowest BCUT2D eigenvalue weighted by Crippen LogP contribution is -2.15. The highest BCUT2D eigenvalue weighted by atomic mass is 16.5. The average Bonchev–Trinajstić information content (AvgIpc) is 2.37. The molecule has 0 aliphatic heterocycles. The van der Waals surface area contributed by atoms with Crippen LogP contribution in [0.5, 0.6) is 0 Å². The van der Waals surface area contributed by atoms with E-state index in [1.54, 1.807) is 6.92 Å². The van der Waals surface area contributed by atoms with Gasteiger partial charge in [-0.3, -0.25) is 4.79 Å². The quantitative estimate of drug-likeness (QED) is 0.401. The molecule has 0 heterocycles. The molecule has 0 aromatic rings. The Balaban J connectivity index is 4.97. The molecule has 0 aromatic heterocycles. The summed E-state index contributed by atoms with van der Waals surface area (Å²) in [5, 5.41) is 0. The molecule has 0 aliphatic carbocycles. The number of carbonyl (C=O) groups is 3. The molecule has 0 rings (SSSR count). The zero-order valence-corrected chi connectivity index (χ0v) is 11.1. The van der Waals surface area contributed by atoms with Gasteiger partial charge in [0, 0.05) is 17.6 Å². The molecule has 0 fully saturated rings. The average molecular weight is 258 g/mol. The molecule has 0 aliphatic rings. The minimum Gasteiger partial charge on any atom is -0.469 e. The molecule has 102 valence electrons. The second kappa shape index (κ2) is 8.27. The molecule has 0 amide bonds. The van der Waals surface area contributed by atoms with Gasteiger partial charge in [-0.05, 0) is 20.3 Å². The number of methoxy groups -OCH3 is 2. The van der Waals surface area contributed by atoms with E-state index >= 15 is 0 Å². The van der Waals surface area contributed by atoms with Crippen LogP contribution in [0.15, 0.2) is 11.1 Å². The summed E-state index contributed by atoms with van der Waals surface area (Å²) in [6.45, 7) is 3.33. The summed E-state index contributed by atoms with van der Waals surface area (Å²) in [5.74, 6) is -1.71. The predicted molar refractivity (Wildman–Crippen MR) is 62.6 cm³/mol. The Bertz CT molecular complexity index is 356. The minimum absolute atomic E-state index is 0.00230. The first-order valence-corrected chi connectivity index (χ1v) is 5.49. The van der Waals surface area contributed by atoms with Crippen LogP contribution < -0.4 is 0 Å². The highest BCUT2D eigenvalue weighted by Gasteiger charge is 2.20. The smallest absolute Gasteiger partial charge is 0.334 e. The Morgan fingerprint density at radius 1 is 0.944 bits per heavy atom. The van der Waals surface area contributed by atoms with Crippen LogP contribution in [0.2, 0.25) is 0 Å². The highest BCUT2D eigenvalue weighted by Crippen LogP contribution is 2.15. The Morgan fingerprint density at radius 3 is 2.00 bits per heavy atom. The van der Waals surface area contributed by atoms with Gasteiger partial charge < -0.3 is 14.2 Å². The molecule has 0 unspecified atom stereocenters. The van der Waals surface area contributed by atoms with Gasteiger partial charge in [-0.2, -0.15) is 0 Å². The Morgan fingerprint density at radius 2 is 1.56 bits per heavy atom. The first kappa shape index (κ1) is 16.1. The van der Waals surface area contributed by atoms with Crippen LogP contribution in [-0.4, -0.2) is 38.7 Å². The van der Waals surface area contributed by atoms with Gasteiger partial charge in [-0.25, -0.2) is 9.59 Å². The lowest BCUT2D eigenvalue weighted by Gasteiger charge is -2.09. The van der Waals surface area contributed by atoms with Crippen molar-refractivity contribution in [1.29, 1.82) is 0 Å². The Hall–Kier alpha value is -1.85. The summed E-state index contributed by atoms with van der Waals surface area (Å²) in [6, 6.07) is 0. The Kier molecular flexibility index (Phi) is 7.42. The van der Waals surface area contributed by atoms with E-state index in [9.17, 15) is 14.4 Å². The van der Waals surface area contributed by atoms with Gasteiger partial charge in [-0.1, -0.05) is 0 Å². The maximum atomic E-state index is 11.5. The summed E-state index contributed by atoms with van der Waals surface area (Å²) < 4.78 is 13.8. The fourth-order valence-corrected chi connectivity index (χ4v) is 1.26. The van der Waals surface area contributed by atoms with Crippen LogP contribution >= 0.6 is 0 Å². The van der Waals surface area contributed by atoms with Gasteiger partial charge in [0.15, 0.2) is 0 Å². The highest BCUT2D eigenvalue weighted by molar-refractivity contribution is 6.00. The SMILES string of the molecule is CCOC(=O)/C(C)=C(/CCC(=O)OC)C(=O)OC. The third kappa shape index (κ3) is 4.99. The van der Waals surface area contributed by atoms with Gasteiger partial charge in [0.05, 0.1) is 20.8 Å². The number of ether oxygens (including phenoxy) is 3. The van der Waals surface area contributed by atoms with Crippen LogP contribution in [0.3, 0.4) is 0 Å². The minimum atomic E-state index is -0.649. The molecule has 0 saturated carbocycles. The van der Waals surface area contributed by atoms with E-state index < -0.39 is 17.9 Å². The molecule has 0 saturated heterocycles. The lowest BCUT2D eigenvalue weighted by atomic mass is 10.0. The van der Waals surface area contributed by atoms with Crippen LogP contribution in [0.25, 0.3) is 0 Å². The second-order valence-electron chi connectivity index (χ2n) is 3.39. The molecular formula is C12H18O6. The first-order valence-electron chi connectivity index (χ1n) is 5.49. The van der Waals surface area contributed by atoms with Crippen molar-refractivity contribution in [2.75, 3.05) is 20.8 Å². The number of rotatable bonds is 6. The van der Waals surface area contributed by atoms with Crippen LogP contribution in [0, 0.1) is 0 Å². The van der Waals surface area contributed by atoms with Crippen molar-refractivity contribution >= 4 is 17.9 Å². The Labute approximate surface area is 106 Å². The molecule has 18 heavy (non-hydrogen) atoms. The topological polar surface area (TPSA) is 78.9 Å². The van der Waals surface area contributed by atoms with Crippen molar-refractivity contribution in [3.63, 3.8) is 0 Å². The number of hydrogen-bond donors (Lipinski definition) is 0. The van der Waals surface area contributed by atoms with E-state index in [1.165, 1.54) is 21.1 Å². The normalized spacial score (nSPS) is 11.3. The number of esters is 3. The van der Waals surface area contributed by atoms with E-state index in [2.05, 4.69) is 9.47 Å². The standard InChI is InChI=1S/C12H18O6/c1-5-18-11(14)8(2)9(12(15)17-4)6-7-10(13)16-3/h5-7H2,1-4H3/b9-8-. The molecule has 0 bridgehead atoms. The predicted octanol–water partition coefficient (Wildman–Crippen LogP) is 0.992. The zero-order chi connectivity index (χ0) is 14.1. The van der Waals surface area contributed by atoms with Crippen molar-refractivity contribution in [1.82, 2.24) is 0 Å². The van der Waals surface area contributed by atoms with Crippen molar-refractivity contribution in [2.45, 2.75) is 26.7 Å². The summed E-state index contributed by atoms with van der Waals surface area (Å²) in [7, 11) is 2.46. The molecule has 0 radical (unpaired) electrons. The van der Waals surface area contributed by atoms with Crippen LogP contribution in [-0.2, 0) is 28.6 Å². The third-order valence-electron chi connectivity index (χ3n) is 2.27. The van der Waals surface area contributed by atoms with Crippen molar-refractivity contribution in [2.24, 2.45) is 0 Å². The van der Waals surface area contributed by atoms with Crippen LogP contribution in [0.1, 0.15) is 26.7 Å². The summed E-state index contributed by atoms with van der Waals surface area (Å²) in [5.41, 5.74) is 0.272. The van der Waals surface area contributed by atoms with E-state index in [4.69, 9.17) is 4.74 Å². The summed E-state index contributed by atoms with van der Waals surface area (Å²) in [6.07, 6.45) is 0.0711. The van der Waals surface area contributed by atoms with Gasteiger partial charge in [-0.15, -0.1) is 0 Å². The summed E-state index contributed by atoms with van der Waals surface area (Å²) in [4.78, 5) is 34.1. The molecule has 0 spiro atoms. The fraction of sp³-hybridized carbons (Fsp3) is 0.583. The maximum absolute atomic E-state index is 11.5. The molecule has 0 N–H and O–H groups in total. The third-order valence-corrected chi connectivity index (χ3v) is 2.27. The van der Waals surface area contributed by atoms with Gasteiger partial charge >= 0.3 is 17.9 Å². The zero-order valence-electron chi connectivity index (χ0n) is 11.1. The van der Waals surface area contributed by atoms with Crippen molar-refractivity contribution in [3.8, 4) is 0 Å². The van der Waals surface area contributed by atoms with Gasteiger partial charge in [0.1, 0.15) is 0 Å². The molecule has 6 heteroatoms. The monoisotopic (exact) mass is 258 g/mol. The molecular weight excluding hydrogens is 240 g/mol. The lowest BCUT2D eigenvalue weighted by molar-refractivity contribution is -0.142. The molecule has 0 aromatic carbocycles. The van der Waals surface area contributed by atoms with E-state index in [1.807, 2.05) is 0 Å². The maximum Gasteiger partial charge on any atom is 0.334 e. The van der Waals surface area contributed by atoms with E-state index in [0.717, 1.165) is 0 Å². The van der Waals surface area contributed by atoms with Crippen molar-refractivity contribution in [3.05, 3.63) is 11.1 Å². The number of carbonyl (C=O) groups excluding carboxylic acids is 3. The molecule has 0 atom stereocenters.